The Hall–Kier alpha value is -2.16. The molecule has 1 saturated heterocycles. The monoisotopic (exact) mass is 420 g/mol. The van der Waals surface area contributed by atoms with E-state index in [1.54, 1.807) is 6.07 Å². The van der Waals surface area contributed by atoms with E-state index in [0.717, 1.165) is 50.9 Å². The Labute approximate surface area is 176 Å². The first-order valence-corrected chi connectivity index (χ1v) is 10.3. The van der Waals surface area contributed by atoms with Gasteiger partial charge in [0.25, 0.3) is 0 Å². The molecule has 158 valence electrons. The Bertz CT molecular complexity index is 817. The van der Waals surface area contributed by atoms with Crippen molar-refractivity contribution in [3.05, 3.63) is 35.2 Å². The summed E-state index contributed by atoms with van der Waals surface area (Å²) in [7, 11) is 0. The van der Waals surface area contributed by atoms with E-state index in [1.165, 1.54) is 0 Å². The first-order valence-electron chi connectivity index (χ1n) is 9.91. The van der Waals surface area contributed by atoms with E-state index in [-0.39, 0.29) is 5.54 Å². The van der Waals surface area contributed by atoms with Crippen LogP contribution in [0.2, 0.25) is 5.02 Å². The van der Waals surface area contributed by atoms with Crippen LogP contribution in [0.15, 0.2) is 33.8 Å². The van der Waals surface area contributed by atoms with Gasteiger partial charge in [-0.05, 0) is 32.9 Å². The number of rotatable bonds is 7. The van der Waals surface area contributed by atoms with Gasteiger partial charge in [-0.1, -0.05) is 28.9 Å². The second-order valence-corrected chi connectivity index (χ2v) is 7.92. The molecular formula is C20H29ClN6O2. The minimum atomic E-state index is -0.00972. The van der Waals surface area contributed by atoms with Gasteiger partial charge in [-0.2, -0.15) is 4.98 Å². The van der Waals surface area contributed by atoms with E-state index in [1.807, 2.05) is 25.1 Å². The molecule has 1 aromatic heterocycles. The maximum absolute atomic E-state index is 6.03. The van der Waals surface area contributed by atoms with Gasteiger partial charge in [-0.15, -0.1) is 0 Å². The normalized spacial score (nSPS) is 16.1. The summed E-state index contributed by atoms with van der Waals surface area (Å²) in [5, 5.41) is 11.3. The molecule has 0 unspecified atom stereocenters. The fourth-order valence-corrected chi connectivity index (χ4v) is 3.32. The summed E-state index contributed by atoms with van der Waals surface area (Å²) in [6.07, 6.45) is 0. The summed E-state index contributed by atoms with van der Waals surface area (Å²) in [6, 6.07) is 7.36. The molecule has 2 aromatic rings. The Morgan fingerprint density at radius 3 is 2.79 bits per heavy atom. The summed E-state index contributed by atoms with van der Waals surface area (Å²) in [5.41, 5.74) is 0.804. The molecule has 1 fully saturated rings. The van der Waals surface area contributed by atoms with Crippen LogP contribution in [0.3, 0.4) is 0 Å². The molecule has 2 heterocycles. The molecule has 1 aromatic carbocycles. The first kappa shape index (κ1) is 21.5. The highest BCUT2D eigenvalue weighted by molar-refractivity contribution is 6.30. The van der Waals surface area contributed by atoms with E-state index >= 15 is 0 Å². The highest BCUT2D eigenvalue weighted by Gasteiger charge is 2.28. The van der Waals surface area contributed by atoms with Gasteiger partial charge in [0.05, 0.1) is 13.2 Å². The highest BCUT2D eigenvalue weighted by Crippen LogP contribution is 2.20. The van der Waals surface area contributed by atoms with Gasteiger partial charge in [0.15, 0.2) is 5.96 Å². The lowest BCUT2D eigenvalue weighted by Gasteiger charge is -2.41. The molecule has 0 bridgehead atoms. The molecule has 0 spiro atoms. The number of nitrogens with zero attached hydrogens (tertiary/aromatic N) is 4. The number of nitrogens with one attached hydrogen (secondary N) is 2. The van der Waals surface area contributed by atoms with Crippen LogP contribution in [-0.4, -0.2) is 65.9 Å². The molecule has 8 nitrogen and oxygen atoms in total. The Kier molecular flexibility index (Phi) is 7.46. The van der Waals surface area contributed by atoms with E-state index in [2.05, 4.69) is 44.5 Å². The first-order chi connectivity index (χ1) is 14.0. The van der Waals surface area contributed by atoms with E-state index < -0.39 is 0 Å². The second kappa shape index (κ2) is 10.0. The predicted octanol–water partition coefficient (Wildman–Crippen LogP) is 2.56. The zero-order valence-electron chi connectivity index (χ0n) is 17.2. The molecule has 3 rings (SSSR count). The average Bonchev–Trinajstić information content (AvgIpc) is 3.20. The number of guanidine groups is 1. The number of ether oxygens (including phenoxy) is 1. The third-order valence-electron chi connectivity index (χ3n) is 4.82. The second-order valence-electron chi connectivity index (χ2n) is 7.48. The average molecular weight is 421 g/mol. The van der Waals surface area contributed by atoms with Crippen molar-refractivity contribution in [1.82, 2.24) is 25.7 Å². The number of morpholine rings is 1. The molecule has 0 saturated carbocycles. The molecule has 0 amide bonds. The van der Waals surface area contributed by atoms with Crippen LogP contribution in [0.25, 0.3) is 11.4 Å². The molecule has 29 heavy (non-hydrogen) atoms. The van der Waals surface area contributed by atoms with Gasteiger partial charge in [-0.25, -0.2) is 4.99 Å². The molecule has 2 N–H and O–H groups in total. The molecule has 9 heteroatoms. The number of hydrogen-bond donors (Lipinski definition) is 2. The van der Waals surface area contributed by atoms with Crippen LogP contribution in [-0.2, 0) is 11.3 Å². The standard InChI is InChI=1S/C20H29ClN6O2/c1-4-22-19(24-14-20(2,3)27-8-10-28-11-9-27)23-13-17-25-18(26-29-17)15-6-5-7-16(21)12-15/h5-7,12H,4,8-11,13-14H2,1-3H3,(H2,22,23,24). The number of aromatic nitrogens is 2. The zero-order chi connectivity index (χ0) is 20.7. The van der Waals surface area contributed by atoms with Crippen molar-refractivity contribution in [3.8, 4) is 11.4 Å². The predicted molar refractivity (Wildman–Crippen MR) is 114 cm³/mol. The van der Waals surface area contributed by atoms with Crippen molar-refractivity contribution in [2.24, 2.45) is 4.99 Å². The largest absolute Gasteiger partial charge is 0.379 e. The van der Waals surface area contributed by atoms with Crippen molar-refractivity contribution >= 4 is 17.6 Å². The van der Waals surface area contributed by atoms with Gasteiger partial charge >= 0.3 is 0 Å². The van der Waals surface area contributed by atoms with Crippen molar-refractivity contribution in [3.63, 3.8) is 0 Å². The van der Waals surface area contributed by atoms with Crippen molar-refractivity contribution < 1.29 is 9.26 Å². The Morgan fingerprint density at radius 2 is 2.07 bits per heavy atom. The minimum absolute atomic E-state index is 0.00972. The number of halogens is 1. The lowest BCUT2D eigenvalue weighted by molar-refractivity contribution is -0.00834. The summed E-state index contributed by atoms with van der Waals surface area (Å²) in [6.45, 7) is 11.8. The molecule has 0 aliphatic carbocycles. The number of aliphatic imine (C=N–C) groups is 1. The third kappa shape index (κ3) is 6.16. The van der Waals surface area contributed by atoms with Gasteiger partial charge in [-0.3, -0.25) is 4.90 Å². The van der Waals surface area contributed by atoms with Gasteiger partial charge in [0, 0.05) is 42.3 Å². The van der Waals surface area contributed by atoms with E-state index in [4.69, 9.17) is 20.9 Å². The molecular weight excluding hydrogens is 392 g/mol. The van der Waals surface area contributed by atoms with Gasteiger partial charge < -0.3 is 19.9 Å². The van der Waals surface area contributed by atoms with Gasteiger partial charge in [0.2, 0.25) is 11.7 Å². The third-order valence-corrected chi connectivity index (χ3v) is 5.06. The Morgan fingerprint density at radius 1 is 1.28 bits per heavy atom. The fraction of sp³-hybridized carbons (Fsp3) is 0.550. The summed E-state index contributed by atoms with van der Waals surface area (Å²) in [4.78, 5) is 11.4. The van der Waals surface area contributed by atoms with E-state index in [0.29, 0.717) is 23.3 Å². The minimum Gasteiger partial charge on any atom is -0.379 e. The maximum atomic E-state index is 6.03. The van der Waals surface area contributed by atoms with E-state index in [9.17, 15) is 0 Å². The van der Waals surface area contributed by atoms with Crippen molar-refractivity contribution in [2.75, 3.05) is 39.4 Å². The topological polar surface area (TPSA) is 87.8 Å². The summed E-state index contributed by atoms with van der Waals surface area (Å²) >= 11 is 6.03. The number of benzene rings is 1. The number of hydrogen-bond acceptors (Lipinski definition) is 6. The summed E-state index contributed by atoms with van der Waals surface area (Å²) in [5.74, 6) is 1.67. The van der Waals surface area contributed by atoms with Crippen LogP contribution in [0.5, 0.6) is 0 Å². The molecule has 0 atom stereocenters. The van der Waals surface area contributed by atoms with Crippen LogP contribution >= 0.6 is 11.6 Å². The van der Waals surface area contributed by atoms with Crippen molar-refractivity contribution in [2.45, 2.75) is 32.9 Å². The van der Waals surface area contributed by atoms with Crippen molar-refractivity contribution in [1.29, 1.82) is 0 Å². The van der Waals surface area contributed by atoms with Crippen LogP contribution in [0, 0.1) is 0 Å². The molecule has 0 radical (unpaired) electrons. The quantitative estimate of drug-likeness (QED) is 0.525. The van der Waals surface area contributed by atoms with Crippen LogP contribution in [0.1, 0.15) is 26.7 Å². The van der Waals surface area contributed by atoms with Gasteiger partial charge in [0.1, 0.15) is 6.54 Å². The van der Waals surface area contributed by atoms with Crippen LogP contribution in [0.4, 0.5) is 0 Å². The highest BCUT2D eigenvalue weighted by atomic mass is 35.5. The zero-order valence-corrected chi connectivity index (χ0v) is 18.0. The molecule has 1 aliphatic rings. The smallest absolute Gasteiger partial charge is 0.248 e. The fourth-order valence-electron chi connectivity index (χ4n) is 3.13. The van der Waals surface area contributed by atoms with Crippen LogP contribution < -0.4 is 10.6 Å². The molecule has 1 aliphatic heterocycles. The summed E-state index contributed by atoms with van der Waals surface area (Å²) < 4.78 is 10.8. The Balaban J connectivity index is 1.60. The SMILES string of the molecule is CCNC(=NCc1nc(-c2cccc(Cl)c2)no1)NCC(C)(C)N1CCOCC1. The maximum Gasteiger partial charge on any atom is 0.248 e. The lowest BCUT2D eigenvalue weighted by Crippen LogP contribution is -2.56. The lowest BCUT2D eigenvalue weighted by atomic mass is 10.0.